The summed E-state index contributed by atoms with van der Waals surface area (Å²) in [6.45, 7) is 0.666. The first kappa shape index (κ1) is 22.0. The molecule has 0 aromatic heterocycles. The number of hydrazine groups is 1. The molecule has 2 aromatic carbocycles. The third-order valence-corrected chi connectivity index (χ3v) is 5.99. The van der Waals surface area contributed by atoms with Gasteiger partial charge in [-0.25, -0.2) is 10.9 Å². The van der Waals surface area contributed by atoms with Crippen LogP contribution in [0.3, 0.4) is 0 Å². The lowest BCUT2D eigenvalue weighted by molar-refractivity contribution is -0.154. The molecule has 32 heavy (non-hydrogen) atoms. The third kappa shape index (κ3) is 5.52. The average molecular weight is 437 g/mol. The smallest absolute Gasteiger partial charge is 0.325 e. The van der Waals surface area contributed by atoms with Crippen molar-refractivity contribution in [3.63, 3.8) is 0 Å². The maximum Gasteiger partial charge on any atom is 0.325 e. The van der Waals surface area contributed by atoms with Gasteiger partial charge in [0.05, 0.1) is 0 Å². The minimum Gasteiger partial charge on any atom is -0.454 e. The highest BCUT2D eigenvalue weighted by Gasteiger charge is 2.32. The lowest BCUT2D eigenvalue weighted by atomic mass is 9.95. The molecule has 8 nitrogen and oxygen atoms in total. The fraction of sp³-hybridized carbons (Fsp3) is 0.375. The highest BCUT2D eigenvalue weighted by molar-refractivity contribution is 5.92. The number of carbonyl (C=O) groups excluding carboxylic acids is 3. The van der Waals surface area contributed by atoms with Gasteiger partial charge in [-0.05, 0) is 37.0 Å². The Labute approximate surface area is 187 Å². The molecule has 8 heteroatoms. The SMILES string of the molecule is O=C(Nc1ccccc1)C1CCN(C(=O)COC(=O)C2CC(c3ccccc3)NN2)CC1. The van der Waals surface area contributed by atoms with E-state index in [1.54, 1.807) is 4.90 Å². The predicted molar refractivity (Wildman–Crippen MR) is 119 cm³/mol. The van der Waals surface area contributed by atoms with Gasteiger partial charge in [-0.1, -0.05) is 48.5 Å². The van der Waals surface area contributed by atoms with E-state index in [9.17, 15) is 14.4 Å². The number of esters is 1. The number of carbonyl (C=O) groups is 3. The van der Waals surface area contributed by atoms with E-state index in [1.165, 1.54) is 0 Å². The number of hydrogen-bond acceptors (Lipinski definition) is 6. The lowest BCUT2D eigenvalue weighted by Gasteiger charge is -2.31. The Morgan fingerprint density at radius 3 is 2.28 bits per heavy atom. The summed E-state index contributed by atoms with van der Waals surface area (Å²) in [5.41, 5.74) is 7.92. The molecule has 3 N–H and O–H groups in total. The first-order chi connectivity index (χ1) is 15.6. The molecule has 2 heterocycles. The van der Waals surface area contributed by atoms with E-state index in [4.69, 9.17) is 4.74 Å². The van der Waals surface area contributed by atoms with Crippen LogP contribution in [0.4, 0.5) is 5.69 Å². The van der Waals surface area contributed by atoms with Crippen LogP contribution in [0.25, 0.3) is 0 Å². The van der Waals surface area contributed by atoms with Gasteiger partial charge >= 0.3 is 5.97 Å². The molecule has 2 saturated heterocycles. The number of hydrogen-bond donors (Lipinski definition) is 3. The van der Waals surface area contributed by atoms with E-state index in [-0.39, 0.29) is 30.4 Å². The Bertz CT molecular complexity index is 930. The van der Waals surface area contributed by atoms with Crippen molar-refractivity contribution < 1.29 is 19.1 Å². The summed E-state index contributed by atoms with van der Waals surface area (Å²) < 4.78 is 5.27. The number of benzene rings is 2. The largest absolute Gasteiger partial charge is 0.454 e. The fourth-order valence-corrected chi connectivity index (χ4v) is 4.10. The van der Waals surface area contributed by atoms with Gasteiger partial charge in [0.2, 0.25) is 5.91 Å². The van der Waals surface area contributed by atoms with Crippen LogP contribution in [0.5, 0.6) is 0 Å². The van der Waals surface area contributed by atoms with Crippen molar-refractivity contribution in [2.24, 2.45) is 5.92 Å². The maximum atomic E-state index is 12.5. The quantitative estimate of drug-likeness (QED) is 0.599. The molecule has 2 unspecified atom stereocenters. The first-order valence-electron chi connectivity index (χ1n) is 11.0. The van der Waals surface area contributed by atoms with Crippen LogP contribution in [0.2, 0.25) is 0 Å². The summed E-state index contributed by atoms with van der Waals surface area (Å²) in [6, 6.07) is 18.7. The second-order valence-electron chi connectivity index (χ2n) is 8.16. The molecule has 0 radical (unpaired) electrons. The molecule has 2 aromatic rings. The number of piperidine rings is 1. The number of nitrogens with zero attached hydrogens (tertiary/aromatic N) is 1. The molecule has 168 valence electrons. The standard InChI is InChI=1S/C24H28N4O4/c29-22(16-32-24(31)21-15-20(26-27-21)17-7-3-1-4-8-17)28-13-11-18(12-14-28)23(30)25-19-9-5-2-6-10-19/h1-10,18,20-21,26-27H,11-16H2,(H,25,30). The molecule has 4 rings (SSSR count). The number of nitrogens with one attached hydrogen (secondary N) is 3. The monoisotopic (exact) mass is 436 g/mol. The molecule has 0 spiro atoms. The van der Waals surface area contributed by atoms with Crippen LogP contribution in [0, 0.1) is 5.92 Å². The van der Waals surface area contributed by atoms with Gasteiger partial charge in [0.1, 0.15) is 6.04 Å². The topological polar surface area (TPSA) is 99.8 Å². The Balaban J connectivity index is 1.17. The van der Waals surface area contributed by atoms with Gasteiger partial charge in [0, 0.05) is 30.7 Å². The molecule has 2 fully saturated rings. The first-order valence-corrected chi connectivity index (χ1v) is 11.0. The summed E-state index contributed by atoms with van der Waals surface area (Å²) in [6.07, 6.45) is 1.73. The number of amides is 2. The number of ether oxygens (including phenoxy) is 1. The number of likely N-dealkylation sites (tertiary alicyclic amines) is 1. The normalized spacial score (nSPS) is 21.2. The molecule has 2 amide bonds. The lowest BCUT2D eigenvalue weighted by Crippen LogP contribution is -2.44. The van der Waals surface area contributed by atoms with Gasteiger partial charge in [0.25, 0.3) is 5.91 Å². The van der Waals surface area contributed by atoms with E-state index in [2.05, 4.69) is 16.2 Å². The van der Waals surface area contributed by atoms with Crippen molar-refractivity contribution >= 4 is 23.5 Å². The van der Waals surface area contributed by atoms with E-state index in [1.807, 2.05) is 60.7 Å². The van der Waals surface area contributed by atoms with Crippen LogP contribution < -0.4 is 16.2 Å². The second-order valence-corrected chi connectivity index (χ2v) is 8.16. The number of para-hydroxylation sites is 1. The van der Waals surface area contributed by atoms with Crippen molar-refractivity contribution in [3.05, 3.63) is 66.2 Å². The fourth-order valence-electron chi connectivity index (χ4n) is 4.10. The van der Waals surface area contributed by atoms with Crippen molar-refractivity contribution in [1.29, 1.82) is 0 Å². The highest BCUT2D eigenvalue weighted by Crippen LogP contribution is 2.23. The Morgan fingerprint density at radius 2 is 1.59 bits per heavy atom. The van der Waals surface area contributed by atoms with Gasteiger partial charge in [-0.15, -0.1) is 0 Å². The molecular weight excluding hydrogens is 408 g/mol. The van der Waals surface area contributed by atoms with Crippen LogP contribution in [0.1, 0.15) is 30.9 Å². The van der Waals surface area contributed by atoms with Gasteiger partial charge in [-0.2, -0.15) is 0 Å². The van der Waals surface area contributed by atoms with Crippen molar-refractivity contribution in [3.8, 4) is 0 Å². The molecule has 0 saturated carbocycles. The van der Waals surface area contributed by atoms with E-state index in [0.29, 0.717) is 32.4 Å². The minimum atomic E-state index is -0.500. The molecule has 2 aliphatic rings. The Morgan fingerprint density at radius 1 is 0.938 bits per heavy atom. The number of anilines is 1. The Kier molecular flexibility index (Phi) is 7.14. The van der Waals surface area contributed by atoms with Gasteiger partial charge < -0.3 is 15.0 Å². The molecule has 2 aliphatic heterocycles. The summed E-state index contributed by atoms with van der Waals surface area (Å²) in [4.78, 5) is 39.0. The average Bonchev–Trinajstić information content (AvgIpc) is 3.34. The van der Waals surface area contributed by atoms with Crippen LogP contribution >= 0.6 is 0 Å². The van der Waals surface area contributed by atoms with Gasteiger partial charge in [-0.3, -0.25) is 14.4 Å². The van der Waals surface area contributed by atoms with Crippen molar-refractivity contribution in [1.82, 2.24) is 15.8 Å². The van der Waals surface area contributed by atoms with Crippen LogP contribution in [0.15, 0.2) is 60.7 Å². The predicted octanol–water partition coefficient (Wildman–Crippen LogP) is 2.01. The summed E-state index contributed by atoms with van der Waals surface area (Å²) in [5, 5.41) is 2.92. The van der Waals surface area contributed by atoms with Crippen molar-refractivity contribution in [2.75, 3.05) is 25.0 Å². The highest BCUT2D eigenvalue weighted by atomic mass is 16.5. The van der Waals surface area contributed by atoms with Gasteiger partial charge in [0.15, 0.2) is 6.61 Å². The molecular formula is C24H28N4O4. The second kappa shape index (κ2) is 10.4. The van der Waals surface area contributed by atoms with Crippen LogP contribution in [-0.2, 0) is 19.1 Å². The minimum absolute atomic E-state index is 0.0190. The molecule has 2 atom stereocenters. The zero-order chi connectivity index (χ0) is 22.3. The maximum absolute atomic E-state index is 12.5. The zero-order valence-electron chi connectivity index (χ0n) is 17.8. The summed E-state index contributed by atoms with van der Waals surface area (Å²) >= 11 is 0. The number of rotatable bonds is 6. The van der Waals surface area contributed by atoms with Crippen molar-refractivity contribution in [2.45, 2.75) is 31.3 Å². The summed E-state index contributed by atoms with van der Waals surface area (Å²) in [5.74, 6) is -0.833. The molecule has 0 aliphatic carbocycles. The van der Waals surface area contributed by atoms with E-state index < -0.39 is 12.0 Å². The Hall–Kier alpha value is -3.23. The summed E-state index contributed by atoms with van der Waals surface area (Å²) in [7, 11) is 0. The van der Waals surface area contributed by atoms with Crippen LogP contribution in [-0.4, -0.2) is 48.4 Å². The van der Waals surface area contributed by atoms with E-state index in [0.717, 1.165) is 11.3 Å². The molecule has 0 bridgehead atoms. The zero-order valence-corrected chi connectivity index (χ0v) is 17.8. The third-order valence-electron chi connectivity index (χ3n) is 5.99. The van der Waals surface area contributed by atoms with E-state index >= 15 is 0 Å².